The molecule has 3 nitrogen and oxygen atoms in total. The Morgan fingerprint density at radius 1 is 1.47 bits per heavy atom. The molecule has 0 amide bonds. The number of alkyl halides is 3. The van der Waals surface area contributed by atoms with Crippen molar-refractivity contribution in [2.24, 2.45) is 0 Å². The van der Waals surface area contributed by atoms with Crippen molar-refractivity contribution in [2.45, 2.75) is 6.18 Å². The van der Waals surface area contributed by atoms with E-state index in [2.05, 4.69) is 4.42 Å². The Labute approximate surface area is 105 Å². The van der Waals surface area contributed by atoms with Crippen molar-refractivity contribution in [3.63, 3.8) is 0 Å². The van der Waals surface area contributed by atoms with Crippen molar-refractivity contribution < 1.29 is 57.0 Å². The number of ketones is 1. The molecule has 0 radical (unpaired) electrons. The molecule has 0 aliphatic heterocycles. The molecule has 1 heterocycles. The summed E-state index contributed by atoms with van der Waals surface area (Å²) in [7, 11) is 0. The average Bonchev–Trinajstić information content (AvgIpc) is 2.53. The molecule has 0 saturated heterocycles. The summed E-state index contributed by atoms with van der Waals surface area (Å²) in [5.74, 6) is -3.60. The monoisotopic (exact) mass is 228 g/mol. The molecule has 0 unspecified atom stereocenters. The van der Waals surface area contributed by atoms with E-state index in [0.29, 0.717) is 0 Å². The number of carbonyl (C=O) groups is 1. The van der Waals surface area contributed by atoms with Crippen LogP contribution in [0.1, 0.15) is 10.6 Å². The maximum absolute atomic E-state index is 11.7. The van der Waals surface area contributed by atoms with Gasteiger partial charge < -0.3 is 9.52 Å². The quantitative estimate of drug-likeness (QED) is 0.262. The van der Waals surface area contributed by atoms with Crippen LogP contribution in [-0.2, 0) is 0 Å². The second-order valence-corrected chi connectivity index (χ2v) is 2.35. The van der Waals surface area contributed by atoms with E-state index < -0.39 is 17.7 Å². The second-order valence-electron chi connectivity index (χ2n) is 2.35. The normalized spacial score (nSPS) is 12.1. The molecular weight excluding hydrogens is 224 g/mol. The fourth-order valence-corrected chi connectivity index (χ4v) is 0.691. The zero-order valence-corrected chi connectivity index (χ0v) is 9.67. The molecule has 76 valence electrons. The number of carbonyl (C=O) groups excluding carboxylic acids is 1. The molecule has 0 fully saturated rings. The topological polar surface area (TPSA) is 53.3 Å². The average molecular weight is 228 g/mol. The van der Waals surface area contributed by atoms with Crippen molar-refractivity contribution in [3.05, 3.63) is 36.0 Å². The molecule has 0 N–H and O–H groups in total. The summed E-state index contributed by atoms with van der Waals surface area (Å²) >= 11 is 0. The molecule has 0 aliphatic rings. The standard InChI is InChI=1S/C8H5F3O3.Na/c9-8(10,11)7(13)4-5(12)6-2-1-3-14-6;/h1-4,13H;/q;+1/p-1/b7-4-;. The number of hydrogen-bond acceptors (Lipinski definition) is 3. The van der Waals surface area contributed by atoms with E-state index in [9.17, 15) is 23.1 Å². The Hall–Kier alpha value is -0.720. The Morgan fingerprint density at radius 2 is 2.07 bits per heavy atom. The van der Waals surface area contributed by atoms with Gasteiger partial charge in [0.15, 0.2) is 5.76 Å². The van der Waals surface area contributed by atoms with Gasteiger partial charge in [0.05, 0.1) is 6.26 Å². The largest absolute Gasteiger partial charge is 1.00 e. The smallest absolute Gasteiger partial charge is 0.869 e. The number of furan rings is 1. The molecule has 0 aliphatic carbocycles. The summed E-state index contributed by atoms with van der Waals surface area (Å²) < 4.78 is 39.6. The third-order valence-electron chi connectivity index (χ3n) is 1.31. The minimum atomic E-state index is -5.03. The maximum Gasteiger partial charge on any atom is 1.00 e. The molecule has 0 bridgehead atoms. The summed E-state index contributed by atoms with van der Waals surface area (Å²) in [6.45, 7) is 0. The summed E-state index contributed by atoms with van der Waals surface area (Å²) in [6.07, 6.45) is -3.94. The van der Waals surface area contributed by atoms with Gasteiger partial charge in [0.25, 0.3) is 0 Å². The van der Waals surface area contributed by atoms with Crippen molar-refractivity contribution in [1.82, 2.24) is 0 Å². The molecule has 0 aromatic carbocycles. The van der Waals surface area contributed by atoms with E-state index in [-0.39, 0.29) is 41.4 Å². The van der Waals surface area contributed by atoms with Crippen LogP contribution in [0.2, 0.25) is 0 Å². The Kier molecular flexibility index (Phi) is 5.13. The number of halogens is 3. The first-order chi connectivity index (χ1) is 6.41. The van der Waals surface area contributed by atoms with E-state index in [0.717, 1.165) is 6.26 Å². The van der Waals surface area contributed by atoms with Crippen LogP contribution in [0.15, 0.2) is 34.6 Å². The first-order valence-electron chi connectivity index (χ1n) is 3.45. The minimum Gasteiger partial charge on any atom is -0.869 e. The second kappa shape index (κ2) is 5.39. The van der Waals surface area contributed by atoms with E-state index in [1.807, 2.05) is 0 Å². The Morgan fingerprint density at radius 3 is 2.47 bits per heavy atom. The van der Waals surface area contributed by atoms with Gasteiger partial charge in [0, 0.05) is 0 Å². The van der Waals surface area contributed by atoms with Gasteiger partial charge in [-0.15, -0.1) is 0 Å². The first kappa shape index (κ1) is 14.3. The zero-order valence-electron chi connectivity index (χ0n) is 7.67. The van der Waals surface area contributed by atoms with Crippen LogP contribution in [0.4, 0.5) is 13.2 Å². The number of rotatable bonds is 2. The van der Waals surface area contributed by atoms with Gasteiger partial charge >= 0.3 is 35.7 Å². The molecule has 1 rings (SSSR count). The van der Waals surface area contributed by atoms with Crippen LogP contribution in [-0.4, -0.2) is 12.0 Å². The van der Waals surface area contributed by atoms with E-state index in [4.69, 9.17) is 0 Å². The maximum atomic E-state index is 11.7. The predicted octanol–water partition coefficient (Wildman–Crippen LogP) is -1.73. The molecule has 0 saturated carbocycles. The molecule has 0 spiro atoms. The molecule has 1 aromatic heterocycles. The van der Waals surface area contributed by atoms with Gasteiger partial charge in [0.2, 0.25) is 5.78 Å². The van der Waals surface area contributed by atoms with Gasteiger partial charge in [-0.3, -0.25) is 4.79 Å². The van der Waals surface area contributed by atoms with Crippen molar-refractivity contribution in [2.75, 3.05) is 0 Å². The van der Waals surface area contributed by atoms with Gasteiger partial charge in [-0.2, -0.15) is 13.2 Å². The third kappa shape index (κ3) is 4.11. The number of hydrogen-bond donors (Lipinski definition) is 0. The van der Waals surface area contributed by atoms with Crippen molar-refractivity contribution >= 4 is 5.78 Å². The van der Waals surface area contributed by atoms with Crippen molar-refractivity contribution in [1.29, 1.82) is 0 Å². The molecule has 0 atom stereocenters. The van der Waals surface area contributed by atoms with Crippen LogP contribution in [0, 0.1) is 0 Å². The van der Waals surface area contributed by atoms with E-state index in [1.54, 1.807) is 0 Å². The Balaban J connectivity index is 0.00000196. The number of allylic oxidation sites excluding steroid dienone is 2. The van der Waals surface area contributed by atoms with Crippen LogP contribution in [0.25, 0.3) is 0 Å². The fourth-order valence-electron chi connectivity index (χ4n) is 0.691. The molecular formula is C8H4F3NaO3. The summed E-state index contributed by atoms with van der Waals surface area (Å²) in [5.41, 5.74) is 0. The molecule has 15 heavy (non-hydrogen) atoms. The van der Waals surface area contributed by atoms with Crippen LogP contribution in [0.5, 0.6) is 0 Å². The summed E-state index contributed by atoms with van der Waals surface area (Å²) in [6, 6.07) is 2.50. The van der Waals surface area contributed by atoms with Gasteiger partial charge in [0.1, 0.15) is 0 Å². The zero-order chi connectivity index (χ0) is 10.8. The van der Waals surface area contributed by atoms with Crippen molar-refractivity contribution in [3.8, 4) is 0 Å². The Bertz CT molecular complexity index is 354. The predicted molar refractivity (Wildman–Crippen MR) is 37.2 cm³/mol. The fraction of sp³-hybridized carbons (Fsp3) is 0.125. The van der Waals surface area contributed by atoms with Gasteiger partial charge in [-0.25, -0.2) is 0 Å². The molecule has 7 heteroatoms. The summed E-state index contributed by atoms with van der Waals surface area (Å²) in [4.78, 5) is 10.9. The minimum absolute atomic E-state index is 0. The van der Waals surface area contributed by atoms with Gasteiger partial charge in [-0.05, 0) is 24.0 Å². The molecule has 1 aromatic rings. The SMILES string of the molecule is O=C(/C=C(\[O-])C(F)(F)F)c1ccco1.[Na+]. The summed E-state index contributed by atoms with van der Waals surface area (Å²) in [5, 5.41) is 10.3. The van der Waals surface area contributed by atoms with Crippen LogP contribution in [0.3, 0.4) is 0 Å². The van der Waals surface area contributed by atoms with Gasteiger partial charge in [-0.1, -0.05) is 0 Å². The third-order valence-corrected chi connectivity index (χ3v) is 1.31. The van der Waals surface area contributed by atoms with Crippen LogP contribution >= 0.6 is 0 Å². The van der Waals surface area contributed by atoms with E-state index in [1.165, 1.54) is 12.1 Å². The first-order valence-corrected chi connectivity index (χ1v) is 3.45. The van der Waals surface area contributed by atoms with E-state index >= 15 is 0 Å². The van der Waals surface area contributed by atoms with Crippen LogP contribution < -0.4 is 34.7 Å².